The highest BCUT2D eigenvalue weighted by Gasteiger charge is 2.12. The molecule has 5 heteroatoms. The van der Waals surface area contributed by atoms with Crippen LogP contribution >= 0.6 is 11.3 Å². The summed E-state index contributed by atoms with van der Waals surface area (Å²) in [7, 11) is 1.69. The third kappa shape index (κ3) is 2.49. The number of methoxy groups -OCH3 is 1. The number of fused-ring (bicyclic) bond motifs is 1. The number of aryl methyl sites for hydroxylation is 3. The summed E-state index contributed by atoms with van der Waals surface area (Å²) in [6.45, 7) is 7.03. The van der Waals surface area contributed by atoms with E-state index in [1.165, 1.54) is 17.0 Å². The van der Waals surface area contributed by atoms with E-state index in [1.807, 2.05) is 12.1 Å². The maximum Gasteiger partial charge on any atom is 0.194 e. The van der Waals surface area contributed by atoms with Crippen LogP contribution in [0.4, 0.5) is 5.69 Å². The molecule has 21 heavy (non-hydrogen) atoms. The fraction of sp³-hybridized carbons (Fsp3) is 0.312. The van der Waals surface area contributed by atoms with E-state index in [4.69, 9.17) is 4.74 Å². The van der Waals surface area contributed by atoms with E-state index < -0.39 is 0 Å². The minimum absolute atomic E-state index is 0.762. The van der Waals surface area contributed by atoms with Gasteiger partial charge in [-0.3, -0.25) is 4.40 Å². The summed E-state index contributed by atoms with van der Waals surface area (Å²) in [5.74, 6) is 0.884. The van der Waals surface area contributed by atoms with Crippen molar-refractivity contribution in [3.63, 3.8) is 0 Å². The van der Waals surface area contributed by atoms with Gasteiger partial charge in [-0.25, -0.2) is 4.98 Å². The first-order valence-corrected chi connectivity index (χ1v) is 7.78. The second kappa shape index (κ2) is 5.41. The molecule has 1 N–H and O–H groups in total. The number of benzene rings is 1. The van der Waals surface area contributed by atoms with Crippen LogP contribution in [0.5, 0.6) is 5.75 Å². The van der Waals surface area contributed by atoms with Crippen LogP contribution in [-0.4, -0.2) is 16.5 Å². The summed E-state index contributed by atoms with van der Waals surface area (Å²) in [6, 6.07) is 6.07. The summed E-state index contributed by atoms with van der Waals surface area (Å²) < 4.78 is 7.47. The van der Waals surface area contributed by atoms with Gasteiger partial charge in [-0.05, 0) is 44.5 Å². The van der Waals surface area contributed by atoms with E-state index in [9.17, 15) is 0 Å². The van der Waals surface area contributed by atoms with Gasteiger partial charge in [-0.1, -0.05) is 0 Å². The molecule has 0 aliphatic carbocycles. The van der Waals surface area contributed by atoms with Crippen LogP contribution in [-0.2, 0) is 6.54 Å². The minimum Gasteiger partial charge on any atom is -0.497 e. The molecular weight excluding hydrogens is 282 g/mol. The number of hydrogen-bond donors (Lipinski definition) is 1. The van der Waals surface area contributed by atoms with E-state index in [0.29, 0.717) is 0 Å². The fourth-order valence-corrected chi connectivity index (χ4v) is 3.45. The van der Waals surface area contributed by atoms with Gasteiger partial charge >= 0.3 is 0 Å². The summed E-state index contributed by atoms with van der Waals surface area (Å²) >= 11 is 1.69. The Balaban J connectivity index is 1.86. The number of anilines is 1. The standard InChI is InChI=1S/C16H19N3OS/c1-10-7-13(20-4)5-6-14(10)17-8-15-12(3)18-16-19(15)11(2)9-21-16/h5-7,9,17H,8H2,1-4H3. The van der Waals surface area contributed by atoms with Crippen LogP contribution < -0.4 is 10.1 Å². The highest BCUT2D eigenvalue weighted by atomic mass is 32.1. The molecule has 3 aromatic rings. The molecule has 0 spiro atoms. The predicted octanol–water partition coefficient (Wildman–Crippen LogP) is 3.94. The molecule has 0 radical (unpaired) electrons. The van der Waals surface area contributed by atoms with Crippen LogP contribution in [0.1, 0.15) is 22.6 Å². The molecular formula is C16H19N3OS. The van der Waals surface area contributed by atoms with Crippen molar-refractivity contribution in [3.05, 3.63) is 46.2 Å². The number of aromatic nitrogens is 2. The number of nitrogens with zero attached hydrogens (tertiary/aromatic N) is 2. The Morgan fingerprint density at radius 1 is 1.29 bits per heavy atom. The summed E-state index contributed by atoms with van der Waals surface area (Å²) in [4.78, 5) is 5.68. The second-order valence-electron chi connectivity index (χ2n) is 5.17. The molecule has 0 aliphatic heterocycles. The van der Waals surface area contributed by atoms with E-state index >= 15 is 0 Å². The molecule has 0 amide bonds. The molecule has 3 rings (SSSR count). The zero-order valence-electron chi connectivity index (χ0n) is 12.7. The van der Waals surface area contributed by atoms with E-state index in [-0.39, 0.29) is 0 Å². The number of hydrogen-bond acceptors (Lipinski definition) is 4. The smallest absolute Gasteiger partial charge is 0.194 e. The first-order chi connectivity index (χ1) is 10.1. The van der Waals surface area contributed by atoms with E-state index in [2.05, 4.69) is 46.9 Å². The Morgan fingerprint density at radius 3 is 2.81 bits per heavy atom. The third-order valence-electron chi connectivity index (χ3n) is 3.71. The maximum atomic E-state index is 5.24. The molecule has 2 heterocycles. The minimum atomic E-state index is 0.762. The molecule has 0 saturated heterocycles. The van der Waals surface area contributed by atoms with Crippen LogP contribution in [0, 0.1) is 20.8 Å². The number of ether oxygens (including phenoxy) is 1. The Kier molecular flexibility index (Phi) is 3.59. The highest BCUT2D eigenvalue weighted by molar-refractivity contribution is 7.15. The molecule has 1 aromatic carbocycles. The fourth-order valence-electron chi connectivity index (χ4n) is 2.52. The van der Waals surface area contributed by atoms with Crippen LogP contribution in [0.2, 0.25) is 0 Å². The van der Waals surface area contributed by atoms with Crippen LogP contribution in [0.25, 0.3) is 4.96 Å². The van der Waals surface area contributed by atoms with Crippen molar-refractivity contribution >= 4 is 22.0 Å². The van der Waals surface area contributed by atoms with Gasteiger partial charge in [0.25, 0.3) is 0 Å². The second-order valence-corrected chi connectivity index (χ2v) is 6.01. The van der Waals surface area contributed by atoms with E-state index in [1.54, 1.807) is 18.4 Å². The lowest BCUT2D eigenvalue weighted by Crippen LogP contribution is -2.05. The van der Waals surface area contributed by atoms with Gasteiger partial charge in [0.15, 0.2) is 4.96 Å². The Bertz CT molecular complexity index is 788. The van der Waals surface area contributed by atoms with Crippen molar-refractivity contribution in [3.8, 4) is 5.75 Å². The van der Waals surface area contributed by atoms with Crippen molar-refractivity contribution in [1.29, 1.82) is 0 Å². The Morgan fingerprint density at radius 2 is 2.10 bits per heavy atom. The Labute approximate surface area is 128 Å². The van der Waals surface area contributed by atoms with Gasteiger partial charge in [0.05, 0.1) is 25.0 Å². The molecule has 0 saturated carbocycles. The van der Waals surface area contributed by atoms with Gasteiger partial charge in [-0.2, -0.15) is 0 Å². The molecule has 0 aliphatic rings. The Hall–Kier alpha value is -2.01. The number of thiazole rings is 1. The van der Waals surface area contributed by atoms with Gasteiger partial charge in [-0.15, -0.1) is 11.3 Å². The summed E-state index contributed by atoms with van der Waals surface area (Å²) in [5.41, 5.74) is 5.84. The van der Waals surface area contributed by atoms with Gasteiger partial charge < -0.3 is 10.1 Å². The molecule has 0 unspecified atom stereocenters. The molecule has 2 aromatic heterocycles. The van der Waals surface area contributed by atoms with Gasteiger partial charge in [0.2, 0.25) is 0 Å². The highest BCUT2D eigenvalue weighted by Crippen LogP contribution is 2.24. The average molecular weight is 301 g/mol. The van der Waals surface area contributed by atoms with Crippen LogP contribution in [0.15, 0.2) is 23.6 Å². The number of imidazole rings is 1. The molecule has 0 atom stereocenters. The zero-order valence-corrected chi connectivity index (χ0v) is 13.5. The van der Waals surface area contributed by atoms with Crippen molar-refractivity contribution < 1.29 is 4.74 Å². The quantitative estimate of drug-likeness (QED) is 0.793. The molecule has 4 nitrogen and oxygen atoms in total. The molecule has 0 fully saturated rings. The topological polar surface area (TPSA) is 38.6 Å². The summed E-state index contributed by atoms with van der Waals surface area (Å²) in [6.07, 6.45) is 0. The summed E-state index contributed by atoms with van der Waals surface area (Å²) in [5, 5.41) is 5.65. The third-order valence-corrected chi connectivity index (χ3v) is 4.65. The number of nitrogens with one attached hydrogen (secondary N) is 1. The van der Waals surface area contributed by atoms with Crippen molar-refractivity contribution in [2.24, 2.45) is 0 Å². The molecule has 110 valence electrons. The lowest BCUT2D eigenvalue weighted by Gasteiger charge is -2.11. The predicted molar refractivity (Wildman–Crippen MR) is 87.6 cm³/mol. The van der Waals surface area contributed by atoms with Crippen molar-refractivity contribution in [2.75, 3.05) is 12.4 Å². The zero-order chi connectivity index (χ0) is 15.0. The largest absolute Gasteiger partial charge is 0.497 e. The monoisotopic (exact) mass is 301 g/mol. The first-order valence-electron chi connectivity index (χ1n) is 6.90. The normalized spacial score (nSPS) is 11.0. The van der Waals surface area contributed by atoms with Crippen molar-refractivity contribution in [2.45, 2.75) is 27.3 Å². The molecule has 0 bridgehead atoms. The average Bonchev–Trinajstić information content (AvgIpc) is 2.97. The maximum absolute atomic E-state index is 5.24. The first kappa shape index (κ1) is 13.9. The van der Waals surface area contributed by atoms with E-state index in [0.717, 1.165) is 28.6 Å². The van der Waals surface area contributed by atoms with Gasteiger partial charge in [0, 0.05) is 16.8 Å². The van der Waals surface area contributed by atoms with Crippen molar-refractivity contribution in [1.82, 2.24) is 9.38 Å². The van der Waals surface area contributed by atoms with Crippen LogP contribution in [0.3, 0.4) is 0 Å². The van der Waals surface area contributed by atoms with Gasteiger partial charge in [0.1, 0.15) is 5.75 Å². The number of rotatable bonds is 4. The SMILES string of the molecule is COc1ccc(NCc2c(C)nc3scc(C)n23)c(C)c1. The lowest BCUT2D eigenvalue weighted by atomic mass is 10.2. The lowest BCUT2D eigenvalue weighted by molar-refractivity contribution is 0.414.